The molecular formula is C11H12S. The smallest absolute Gasteiger partial charge is 0.0148 e. The lowest BCUT2D eigenvalue weighted by atomic mass is 10.2. The SMILES string of the molecule is C=C(/C=C/c1ccccc1)CS. The summed E-state index contributed by atoms with van der Waals surface area (Å²) in [4.78, 5) is 0. The molecule has 0 heterocycles. The average molecular weight is 176 g/mol. The third-order valence-corrected chi connectivity index (χ3v) is 1.92. The predicted molar refractivity (Wildman–Crippen MR) is 58.5 cm³/mol. The fourth-order valence-electron chi connectivity index (χ4n) is 0.831. The Balaban J connectivity index is 2.64. The number of hydrogen-bond donors (Lipinski definition) is 1. The zero-order valence-corrected chi connectivity index (χ0v) is 7.80. The van der Waals surface area contributed by atoms with E-state index in [9.17, 15) is 0 Å². The first-order valence-electron chi connectivity index (χ1n) is 3.84. The van der Waals surface area contributed by atoms with Crippen molar-refractivity contribution in [1.82, 2.24) is 0 Å². The highest BCUT2D eigenvalue weighted by atomic mass is 32.1. The van der Waals surface area contributed by atoms with Crippen LogP contribution >= 0.6 is 12.6 Å². The van der Waals surface area contributed by atoms with Gasteiger partial charge in [-0.25, -0.2) is 0 Å². The van der Waals surface area contributed by atoms with E-state index in [4.69, 9.17) is 0 Å². The Morgan fingerprint density at radius 1 is 1.33 bits per heavy atom. The molecule has 0 aliphatic heterocycles. The second-order valence-electron chi connectivity index (χ2n) is 2.56. The molecule has 0 amide bonds. The van der Waals surface area contributed by atoms with Crippen LogP contribution in [-0.4, -0.2) is 5.75 Å². The van der Waals surface area contributed by atoms with E-state index in [2.05, 4.69) is 31.3 Å². The summed E-state index contributed by atoms with van der Waals surface area (Å²) in [6.07, 6.45) is 4.03. The summed E-state index contributed by atoms with van der Waals surface area (Å²) in [5.74, 6) is 0.712. The van der Waals surface area contributed by atoms with Crippen LogP contribution in [0.4, 0.5) is 0 Å². The minimum atomic E-state index is 0.712. The summed E-state index contributed by atoms with van der Waals surface area (Å²) in [7, 11) is 0. The molecule has 12 heavy (non-hydrogen) atoms. The van der Waals surface area contributed by atoms with Crippen molar-refractivity contribution in [3.63, 3.8) is 0 Å². The van der Waals surface area contributed by atoms with E-state index in [1.807, 2.05) is 30.4 Å². The molecule has 1 aromatic carbocycles. The number of allylic oxidation sites excluding steroid dienone is 1. The van der Waals surface area contributed by atoms with Gasteiger partial charge in [-0.2, -0.15) is 12.6 Å². The molecule has 0 atom stereocenters. The van der Waals surface area contributed by atoms with Crippen molar-refractivity contribution in [2.45, 2.75) is 0 Å². The Morgan fingerprint density at radius 2 is 2.00 bits per heavy atom. The molecule has 1 rings (SSSR count). The van der Waals surface area contributed by atoms with Gasteiger partial charge in [-0.15, -0.1) is 0 Å². The molecule has 0 aromatic heterocycles. The molecule has 62 valence electrons. The van der Waals surface area contributed by atoms with Crippen molar-refractivity contribution in [2.75, 3.05) is 5.75 Å². The minimum absolute atomic E-state index is 0.712. The third-order valence-electron chi connectivity index (χ3n) is 1.51. The molecule has 0 radical (unpaired) electrons. The van der Waals surface area contributed by atoms with Gasteiger partial charge in [-0.3, -0.25) is 0 Å². The van der Waals surface area contributed by atoms with Crippen LogP contribution in [0, 0.1) is 0 Å². The van der Waals surface area contributed by atoms with Gasteiger partial charge >= 0.3 is 0 Å². The molecule has 0 saturated carbocycles. The largest absolute Gasteiger partial charge is 0.175 e. The molecule has 0 aliphatic rings. The number of benzene rings is 1. The summed E-state index contributed by atoms with van der Waals surface area (Å²) < 4.78 is 0. The van der Waals surface area contributed by atoms with Crippen molar-refractivity contribution in [3.05, 3.63) is 54.1 Å². The summed E-state index contributed by atoms with van der Waals surface area (Å²) in [6, 6.07) is 10.2. The zero-order valence-electron chi connectivity index (χ0n) is 6.90. The maximum absolute atomic E-state index is 4.11. The highest BCUT2D eigenvalue weighted by molar-refractivity contribution is 7.80. The molecule has 0 spiro atoms. The Kier molecular flexibility index (Phi) is 3.68. The van der Waals surface area contributed by atoms with E-state index in [-0.39, 0.29) is 0 Å². The van der Waals surface area contributed by atoms with Crippen LogP contribution in [-0.2, 0) is 0 Å². The minimum Gasteiger partial charge on any atom is -0.175 e. The first kappa shape index (κ1) is 9.14. The first-order valence-corrected chi connectivity index (χ1v) is 4.48. The van der Waals surface area contributed by atoms with E-state index in [0.717, 1.165) is 5.57 Å². The van der Waals surface area contributed by atoms with Crippen molar-refractivity contribution in [3.8, 4) is 0 Å². The molecule has 0 fully saturated rings. The Morgan fingerprint density at radius 3 is 2.58 bits per heavy atom. The van der Waals surface area contributed by atoms with Gasteiger partial charge in [-0.05, 0) is 11.1 Å². The highest BCUT2D eigenvalue weighted by Crippen LogP contribution is 2.04. The number of thiol groups is 1. The quantitative estimate of drug-likeness (QED) is 0.530. The fraction of sp³-hybridized carbons (Fsp3) is 0.0909. The van der Waals surface area contributed by atoms with Crippen LogP contribution < -0.4 is 0 Å². The molecule has 0 unspecified atom stereocenters. The van der Waals surface area contributed by atoms with Crippen molar-refractivity contribution < 1.29 is 0 Å². The van der Waals surface area contributed by atoms with Gasteiger partial charge in [-0.1, -0.05) is 49.1 Å². The van der Waals surface area contributed by atoms with Crippen molar-refractivity contribution in [2.24, 2.45) is 0 Å². The summed E-state index contributed by atoms with van der Waals surface area (Å²) in [5.41, 5.74) is 2.22. The summed E-state index contributed by atoms with van der Waals surface area (Å²) in [6.45, 7) is 3.83. The van der Waals surface area contributed by atoms with Crippen LogP contribution in [0.1, 0.15) is 5.56 Å². The average Bonchev–Trinajstić information content (AvgIpc) is 2.16. The Labute approximate surface area is 79.0 Å². The second-order valence-corrected chi connectivity index (χ2v) is 2.88. The van der Waals surface area contributed by atoms with Gasteiger partial charge in [0.25, 0.3) is 0 Å². The van der Waals surface area contributed by atoms with Crippen LogP contribution in [0.3, 0.4) is 0 Å². The molecule has 1 heteroatoms. The van der Waals surface area contributed by atoms with E-state index in [1.165, 1.54) is 5.56 Å². The molecule has 0 nitrogen and oxygen atoms in total. The zero-order chi connectivity index (χ0) is 8.81. The highest BCUT2D eigenvalue weighted by Gasteiger charge is 1.84. The lowest BCUT2D eigenvalue weighted by Gasteiger charge is -1.92. The molecular weight excluding hydrogens is 164 g/mol. The molecule has 0 saturated heterocycles. The van der Waals surface area contributed by atoms with E-state index in [0.29, 0.717) is 5.75 Å². The summed E-state index contributed by atoms with van der Waals surface area (Å²) in [5, 5.41) is 0. The second kappa shape index (κ2) is 4.83. The predicted octanol–water partition coefficient (Wildman–Crippen LogP) is 3.19. The van der Waals surface area contributed by atoms with Crippen LogP contribution in [0.15, 0.2) is 48.6 Å². The summed E-state index contributed by atoms with van der Waals surface area (Å²) >= 11 is 4.11. The maximum atomic E-state index is 4.11. The standard InChI is InChI=1S/C11H12S/c1-10(9-12)7-8-11-5-3-2-4-6-11/h2-8,12H,1,9H2/b8-7+. The maximum Gasteiger partial charge on any atom is 0.0148 e. The lowest BCUT2D eigenvalue weighted by Crippen LogP contribution is -1.74. The van der Waals surface area contributed by atoms with E-state index < -0.39 is 0 Å². The van der Waals surface area contributed by atoms with Gasteiger partial charge < -0.3 is 0 Å². The van der Waals surface area contributed by atoms with Crippen LogP contribution in [0.2, 0.25) is 0 Å². The van der Waals surface area contributed by atoms with Gasteiger partial charge in [0, 0.05) is 5.75 Å². The molecule has 0 bridgehead atoms. The van der Waals surface area contributed by atoms with Gasteiger partial charge in [0.2, 0.25) is 0 Å². The van der Waals surface area contributed by atoms with E-state index in [1.54, 1.807) is 0 Å². The van der Waals surface area contributed by atoms with Crippen molar-refractivity contribution >= 4 is 18.7 Å². The molecule has 0 N–H and O–H groups in total. The Bertz CT molecular complexity index is 272. The van der Waals surface area contributed by atoms with Crippen LogP contribution in [0.25, 0.3) is 6.08 Å². The van der Waals surface area contributed by atoms with Crippen molar-refractivity contribution in [1.29, 1.82) is 0 Å². The van der Waals surface area contributed by atoms with E-state index >= 15 is 0 Å². The first-order chi connectivity index (χ1) is 5.83. The topological polar surface area (TPSA) is 0 Å². The monoisotopic (exact) mass is 176 g/mol. The van der Waals surface area contributed by atoms with Gasteiger partial charge in [0.1, 0.15) is 0 Å². The third kappa shape index (κ3) is 2.97. The van der Waals surface area contributed by atoms with Gasteiger partial charge in [0.15, 0.2) is 0 Å². The number of hydrogen-bond acceptors (Lipinski definition) is 1. The van der Waals surface area contributed by atoms with Gasteiger partial charge in [0.05, 0.1) is 0 Å². The van der Waals surface area contributed by atoms with Crippen LogP contribution in [0.5, 0.6) is 0 Å². The molecule has 0 aliphatic carbocycles. The number of rotatable bonds is 3. The lowest BCUT2D eigenvalue weighted by molar-refractivity contribution is 1.59. The Hall–Kier alpha value is -0.950. The fourth-order valence-corrected chi connectivity index (χ4v) is 0.936. The molecule has 1 aromatic rings. The normalized spacial score (nSPS) is 10.4.